The van der Waals surface area contributed by atoms with E-state index in [4.69, 9.17) is 5.73 Å². The highest BCUT2D eigenvalue weighted by molar-refractivity contribution is 5.69. The molecule has 2 aromatic rings. The molecule has 5 nitrogen and oxygen atoms in total. The first-order valence-corrected chi connectivity index (χ1v) is 6.51. The van der Waals surface area contributed by atoms with Gasteiger partial charge >= 0.3 is 0 Å². The van der Waals surface area contributed by atoms with E-state index in [1.807, 2.05) is 6.07 Å². The summed E-state index contributed by atoms with van der Waals surface area (Å²) in [6.07, 6.45) is 1.07. The number of nitro groups is 1. The third-order valence-corrected chi connectivity index (χ3v) is 3.75. The molecular weight excluding hydrogens is 254 g/mol. The van der Waals surface area contributed by atoms with Gasteiger partial charge < -0.3 is 11.1 Å². The Kier molecular flexibility index (Phi) is 3.02. The lowest BCUT2D eigenvalue weighted by Gasteiger charge is -2.30. The van der Waals surface area contributed by atoms with Gasteiger partial charge in [-0.15, -0.1) is 0 Å². The summed E-state index contributed by atoms with van der Waals surface area (Å²) >= 11 is 0. The number of fused-ring (bicyclic) bond motifs is 1. The first-order chi connectivity index (χ1) is 9.65. The molecule has 1 aliphatic carbocycles. The van der Waals surface area contributed by atoms with Gasteiger partial charge in [-0.2, -0.15) is 0 Å². The molecule has 1 unspecified atom stereocenters. The van der Waals surface area contributed by atoms with Crippen LogP contribution in [0.1, 0.15) is 17.0 Å². The number of hydrogen-bond acceptors (Lipinski definition) is 4. The lowest BCUT2D eigenvalue weighted by Crippen LogP contribution is -2.24. The minimum Gasteiger partial charge on any atom is -0.397 e. The molecule has 0 saturated heterocycles. The minimum atomic E-state index is -0.442. The zero-order valence-electron chi connectivity index (χ0n) is 10.9. The summed E-state index contributed by atoms with van der Waals surface area (Å²) in [6.45, 7) is 0.791. The molecule has 5 heteroatoms. The normalized spacial score (nSPS) is 16.1. The number of nitro benzene ring substituents is 1. The van der Waals surface area contributed by atoms with E-state index in [-0.39, 0.29) is 5.69 Å². The van der Waals surface area contributed by atoms with Gasteiger partial charge in [-0.25, -0.2) is 0 Å². The van der Waals surface area contributed by atoms with Crippen molar-refractivity contribution in [3.8, 4) is 0 Å². The van der Waals surface area contributed by atoms with Crippen molar-refractivity contribution < 1.29 is 4.92 Å². The van der Waals surface area contributed by atoms with Gasteiger partial charge in [-0.05, 0) is 23.6 Å². The zero-order chi connectivity index (χ0) is 14.1. The standard InChI is InChI=1S/C15H15N3O2/c16-14-8-12(18(19)20)5-6-15(14)17-9-11-7-10-3-1-2-4-13(10)11/h1-6,8,11,17H,7,9,16H2. The fourth-order valence-electron chi connectivity index (χ4n) is 2.60. The molecule has 0 heterocycles. The second-order valence-electron chi connectivity index (χ2n) is 5.01. The third-order valence-electron chi connectivity index (χ3n) is 3.75. The van der Waals surface area contributed by atoms with E-state index in [1.165, 1.54) is 23.3 Å². The zero-order valence-corrected chi connectivity index (χ0v) is 10.9. The number of nitrogens with one attached hydrogen (secondary N) is 1. The van der Waals surface area contributed by atoms with Crippen LogP contribution in [0.3, 0.4) is 0 Å². The van der Waals surface area contributed by atoms with E-state index in [9.17, 15) is 10.1 Å². The molecule has 0 aromatic heterocycles. The van der Waals surface area contributed by atoms with Gasteiger partial charge in [0.25, 0.3) is 5.69 Å². The number of anilines is 2. The molecule has 0 spiro atoms. The SMILES string of the molecule is Nc1cc([N+](=O)[O-])ccc1NCC1Cc2ccccc21. The predicted molar refractivity (Wildman–Crippen MR) is 78.9 cm³/mol. The largest absolute Gasteiger partial charge is 0.397 e. The molecule has 1 atom stereocenters. The van der Waals surface area contributed by atoms with Crippen LogP contribution in [-0.2, 0) is 6.42 Å². The van der Waals surface area contributed by atoms with E-state index < -0.39 is 4.92 Å². The summed E-state index contributed by atoms with van der Waals surface area (Å²) in [4.78, 5) is 10.2. The summed E-state index contributed by atoms with van der Waals surface area (Å²) in [5.41, 5.74) is 9.78. The van der Waals surface area contributed by atoms with Gasteiger partial charge in [0.05, 0.1) is 16.3 Å². The van der Waals surface area contributed by atoms with Crippen LogP contribution in [0.5, 0.6) is 0 Å². The molecule has 1 aliphatic rings. The molecule has 3 N–H and O–H groups in total. The van der Waals surface area contributed by atoms with Crippen molar-refractivity contribution in [3.05, 3.63) is 63.7 Å². The lowest BCUT2D eigenvalue weighted by atomic mass is 9.77. The fraction of sp³-hybridized carbons (Fsp3) is 0.200. The van der Waals surface area contributed by atoms with E-state index in [1.54, 1.807) is 6.07 Å². The van der Waals surface area contributed by atoms with Crippen LogP contribution >= 0.6 is 0 Å². The first-order valence-electron chi connectivity index (χ1n) is 6.51. The van der Waals surface area contributed by atoms with Crippen molar-refractivity contribution in [1.29, 1.82) is 0 Å². The molecule has 0 radical (unpaired) electrons. The summed E-state index contributed by atoms with van der Waals surface area (Å²) in [6, 6.07) is 12.9. The molecule has 0 aliphatic heterocycles. The number of hydrogen-bond donors (Lipinski definition) is 2. The van der Waals surface area contributed by atoms with Crippen molar-refractivity contribution in [2.45, 2.75) is 12.3 Å². The maximum atomic E-state index is 10.7. The number of benzene rings is 2. The fourth-order valence-corrected chi connectivity index (χ4v) is 2.60. The van der Waals surface area contributed by atoms with Crippen LogP contribution in [0.2, 0.25) is 0 Å². The second-order valence-corrected chi connectivity index (χ2v) is 5.01. The Bertz CT molecular complexity index is 670. The van der Waals surface area contributed by atoms with E-state index in [0.29, 0.717) is 11.6 Å². The minimum absolute atomic E-state index is 0.0158. The monoisotopic (exact) mass is 269 g/mol. The van der Waals surface area contributed by atoms with Crippen LogP contribution < -0.4 is 11.1 Å². The number of nitrogens with two attached hydrogens (primary N) is 1. The van der Waals surface area contributed by atoms with E-state index in [0.717, 1.165) is 18.7 Å². The summed E-state index contributed by atoms with van der Waals surface area (Å²) in [5, 5.41) is 13.9. The quantitative estimate of drug-likeness (QED) is 0.508. The van der Waals surface area contributed by atoms with E-state index >= 15 is 0 Å². The van der Waals surface area contributed by atoms with Gasteiger partial charge in [-0.3, -0.25) is 10.1 Å². The van der Waals surface area contributed by atoms with E-state index in [2.05, 4.69) is 23.5 Å². The van der Waals surface area contributed by atoms with Gasteiger partial charge in [0.15, 0.2) is 0 Å². The van der Waals surface area contributed by atoms with Crippen molar-refractivity contribution in [1.82, 2.24) is 0 Å². The van der Waals surface area contributed by atoms with Crippen molar-refractivity contribution in [2.24, 2.45) is 0 Å². The number of rotatable bonds is 4. The Morgan fingerprint density at radius 2 is 2.10 bits per heavy atom. The van der Waals surface area contributed by atoms with Crippen LogP contribution in [0.15, 0.2) is 42.5 Å². The number of non-ortho nitro benzene ring substituents is 1. The second kappa shape index (κ2) is 4.85. The molecule has 0 bridgehead atoms. The molecule has 102 valence electrons. The topological polar surface area (TPSA) is 81.2 Å². The maximum absolute atomic E-state index is 10.7. The Balaban J connectivity index is 1.67. The smallest absolute Gasteiger partial charge is 0.271 e. The van der Waals surface area contributed by atoms with Crippen LogP contribution in [-0.4, -0.2) is 11.5 Å². The van der Waals surface area contributed by atoms with Gasteiger partial charge in [0, 0.05) is 24.6 Å². The van der Waals surface area contributed by atoms with Crippen LogP contribution in [0.25, 0.3) is 0 Å². The molecule has 3 rings (SSSR count). The molecular formula is C15H15N3O2. The highest BCUT2D eigenvalue weighted by atomic mass is 16.6. The highest BCUT2D eigenvalue weighted by Gasteiger charge is 2.25. The van der Waals surface area contributed by atoms with Crippen molar-refractivity contribution in [2.75, 3.05) is 17.6 Å². The Morgan fingerprint density at radius 3 is 2.80 bits per heavy atom. The molecule has 0 fully saturated rings. The van der Waals surface area contributed by atoms with Crippen molar-refractivity contribution in [3.63, 3.8) is 0 Å². The molecule has 2 aromatic carbocycles. The average Bonchev–Trinajstić information content (AvgIpc) is 2.41. The Labute approximate surface area is 116 Å². The van der Waals surface area contributed by atoms with Gasteiger partial charge in [-0.1, -0.05) is 24.3 Å². The number of nitrogen functional groups attached to an aromatic ring is 1. The highest BCUT2D eigenvalue weighted by Crippen LogP contribution is 2.35. The molecule has 20 heavy (non-hydrogen) atoms. The predicted octanol–water partition coefficient (Wildman–Crippen LogP) is 2.93. The summed E-state index contributed by atoms with van der Waals surface area (Å²) in [7, 11) is 0. The Hall–Kier alpha value is -2.56. The summed E-state index contributed by atoms with van der Waals surface area (Å²) in [5.74, 6) is 0.487. The summed E-state index contributed by atoms with van der Waals surface area (Å²) < 4.78 is 0. The lowest BCUT2D eigenvalue weighted by molar-refractivity contribution is -0.384. The average molecular weight is 269 g/mol. The van der Waals surface area contributed by atoms with Crippen molar-refractivity contribution >= 4 is 17.1 Å². The Morgan fingerprint density at radius 1 is 1.30 bits per heavy atom. The van der Waals surface area contributed by atoms with Crippen LogP contribution in [0, 0.1) is 10.1 Å². The first kappa shape index (κ1) is 12.5. The molecule has 0 amide bonds. The van der Waals surface area contributed by atoms with Crippen LogP contribution in [0.4, 0.5) is 17.1 Å². The van der Waals surface area contributed by atoms with Gasteiger partial charge in [0.2, 0.25) is 0 Å². The maximum Gasteiger partial charge on any atom is 0.271 e. The number of nitrogens with zero attached hydrogens (tertiary/aromatic N) is 1. The third kappa shape index (κ3) is 2.18. The molecule has 0 saturated carbocycles. The van der Waals surface area contributed by atoms with Gasteiger partial charge in [0.1, 0.15) is 0 Å².